The van der Waals surface area contributed by atoms with Gasteiger partial charge in [-0.2, -0.15) is 0 Å². The highest BCUT2D eigenvalue weighted by Crippen LogP contribution is 2.28. The third-order valence-corrected chi connectivity index (χ3v) is 5.22. The second kappa shape index (κ2) is 10.1. The third kappa shape index (κ3) is 5.53. The van der Waals surface area contributed by atoms with E-state index in [1.165, 1.54) is 31.4 Å². The Morgan fingerprint density at radius 3 is 2.09 bits per heavy atom. The Morgan fingerprint density at radius 1 is 0.938 bits per heavy atom. The van der Waals surface area contributed by atoms with Crippen LogP contribution in [0.4, 0.5) is 15.8 Å². The SMILES string of the molecule is COC(=O)/C=C/c1cc(F)cc(N(C)C(O)c2ccc(-c3ccc(N(C)C)cc3)cc2)c1. The minimum atomic E-state index is -0.973. The number of carbonyl (C=O) groups is 1. The van der Waals surface area contributed by atoms with Gasteiger partial charge in [0.05, 0.1) is 7.11 Å². The molecule has 0 spiro atoms. The summed E-state index contributed by atoms with van der Waals surface area (Å²) < 4.78 is 18.7. The molecule has 0 aliphatic heterocycles. The van der Waals surface area contributed by atoms with E-state index in [0.29, 0.717) is 16.8 Å². The van der Waals surface area contributed by atoms with Gasteiger partial charge in [-0.05, 0) is 53.1 Å². The Labute approximate surface area is 188 Å². The monoisotopic (exact) mass is 434 g/mol. The number of hydrogen-bond acceptors (Lipinski definition) is 5. The zero-order valence-corrected chi connectivity index (χ0v) is 18.6. The quantitative estimate of drug-likeness (QED) is 0.327. The second-order valence-corrected chi connectivity index (χ2v) is 7.65. The van der Waals surface area contributed by atoms with Crippen molar-refractivity contribution in [2.24, 2.45) is 0 Å². The lowest BCUT2D eigenvalue weighted by Crippen LogP contribution is -2.23. The summed E-state index contributed by atoms with van der Waals surface area (Å²) in [6.45, 7) is 0. The number of methoxy groups -OCH3 is 1. The van der Waals surface area contributed by atoms with Crippen LogP contribution in [0.1, 0.15) is 17.4 Å². The van der Waals surface area contributed by atoms with Crippen LogP contribution >= 0.6 is 0 Å². The number of esters is 1. The predicted molar refractivity (Wildman–Crippen MR) is 127 cm³/mol. The van der Waals surface area contributed by atoms with E-state index in [0.717, 1.165) is 16.8 Å². The fourth-order valence-corrected chi connectivity index (χ4v) is 3.29. The number of hydrogen-bond donors (Lipinski definition) is 1. The smallest absolute Gasteiger partial charge is 0.330 e. The first-order valence-electron chi connectivity index (χ1n) is 10.1. The number of aliphatic hydroxyl groups is 1. The van der Waals surface area contributed by atoms with Gasteiger partial charge in [0.15, 0.2) is 6.23 Å². The van der Waals surface area contributed by atoms with Gasteiger partial charge in [0.2, 0.25) is 0 Å². The first kappa shape index (κ1) is 23.0. The molecule has 0 heterocycles. The molecular weight excluding hydrogens is 407 g/mol. The summed E-state index contributed by atoms with van der Waals surface area (Å²) in [5.74, 6) is -0.997. The van der Waals surface area contributed by atoms with Gasteiger partial charge in [-0.25, -0.2) is 9.18 Å². The summed E-state index contributed by atoms with van der Waals surface area (Å²) in [6.07, 6.45) is 1.72. The molecule has 5 nitrogen and oxygen atoms in total. The maximum absolute atomic E-state index is 14.1. The highest BCUT2D eigenvalue weighted by atomic mass is 19.1. The number of rotatable bonds is 7. The van der Waals surface area contributed by atoms with Crippen molar-refractivity contribution in [3.63, 3.8) is 0 Å². The van der Waals surface area contributed by atoms with Gasteiger partial charge >= 0.3 is 5.97 Å². The van der Waals surface area contributed by atoms with Crippen molar-refractivity contribution in [1.82, 2.24) is 0 Å². The standard InChI is InChI=1S/C26H27FN2O3/c1-28(2)23-12-10-20(11-13-23)19-6-8-21(9-7-19)26(31)29(3)24-16-18(15-22(27)17-24)5-14-25(30)32-4/h5-17,26,31H,1-4H3/b14-5+. The van der Waals surface area contributed by atoms with Crippen LogP contribution in [0.15, 0.2) is 72.8 Å². The molecule has 0 aliphatic carbocycles. The first-order chi connectivity index (χ1) is 15.3. The number of ether oxygens (including phenoxy) is 1. The molecule has 1 unspecified atom stereocenters. The van der Waals surface area contributed by atoms with E-state index in [-0.39, 0.29) is 0 Å². The number of anilines is 2. The molecule has 0 bridgehead atoms. The van der Waals surface area contributed by atoms with Crippen molar-refractivity contribution in [3.05, 3.63) is 89.8 Å². The van der Waals surface area contributed by atoms with Crippen molar-refractivity contribution in [1.29, 1.82) is 0 Å². The topological polar surface area (TPSA) is 53.0 Å². The summed E-state index contributed by atoms with van der Waals surface area (Å²) in [7, 11) is 6.95. The predicted octanol–water partition coefficient (Wildman–Crippen LogP) is 4.87. The first-order valence-corrected chi connectivity index (χ1v) is 10.1. The van der Waals surface area contributed by atoms with Gasteiger partial charge < -0.3 is 19.6 Å². The molecule has 3 aromatic carbocycles. The zero-order valence-electron chi connectivity index (χ0n) is 18.6. The summed E-state index contributed by atoms with van der Waals surface area (Å²) in [5.41, 5.74) is 4.88. The highest BCUT2D eigenvalue weighted by molar-refractivity contribution is 5.87. The highest BCUT2D eigenvalue weighted by Gasteiger charge is 2.16. The van der Waals surface area contributed by atoms with Crippen LogP contribution in [0, 0.1) is 5.82 Å². The van der Waals surface area contributed by atoms with E-state index in [2.05, 4.69) is 29.0 Å². The molecule has 3 rings (SSSR count). The molecule has 1 atom stereocenters. The third-order valence-electron chi connectivity index (χ3n) is 5.22. The Hall–Kier alpha value is -3.64. The number of halogens is 1. The maximum Gasteiger partial charge on any atom is 0.330 e. The van der Waals surface area contributed by atoms with Crippen molar-refractivity contribution >= 4 is 23.4 Å². The number of carbonyl (C=O) groups excluding carboxylic acids is 1. The fraction of sp³-hybridized carbons (Fsp3) is 0.192. The molecule has 3 aromatic rings. The molecule has 0 saturated carbocycles. The Kier molecular flexibility index (Phi) is 7.28. The van der Waals surface area contributed by atoms with E-state index in [1.54, 1.807) is 18.0 Å². The summed E-state index contributed by atoms with van der Waals surface area (Å²) >= 11 is 0. The molecule has 0 fully saturated rings. The van der Waals surface area contributed by atoms with Crippen molar-refractivity contribution in [3.8, 4) is 11.1 Å². The van der Waals surface area contributed by atoms with Crippen LogP contribution in [0.5, 0.6) is 0 Å². The van der Waals surface area contributed by atoms with Crippen LogP contribution in [0.25, 0.3) is 17.2 Å². The lowest BCUT2D eigenvalue weighted by atomic mass is 10.0. The van der Waals surface area contributed by atoms with Gasteiger partial charge in [-0.1, -0.05) is 36.4 Å². The molecule has 166 valence electrons. The molecule has 0 amide bonds. The largest absolute Gasteiger partial charge is 0.466 e. The normalized spacial score (nSPS) is 11.9. The van der Waals surface area contributed by atoms with Gasteiger partial charge in [0.25, 0.3) is 0 Å². The van der Waals surface area contributed by atoms with Gasteiger partial charge in [0, 0.05) is 44.2 Å². The summed E-state index contributed by atoms with van der Waals surface area (Å²) in [4.78, 5) is 14.9. The Bertz CT molecular complexity index is 1090. The van der Waals surface area contributed by atoms with E-state index in [4.69, 9.17) is 0 Å². The van der Waals surface area contributed by atoms with Crippen molar-refractivity contribution < 1.29 is 19.0 Å². The lowest BCUT2D eigenvalue weighted by Gasteiger charge is -2.26. The van der Waals surface area contributed by atoms with Gasteiger partial charge in [0.1, 0.15) is 5.82 Å². The molecule has 1 N–H and O–H groups in total. The lowest BCUT2D eigenvalue weighted by molar-refractivity contribution is -0.134. The van der Waals surface area contributed by atoms with Crippen LogP contribution in [-0.2, 0) is 9.53 Å². The number of aliphatic hydroxyl groups excluding tert-OH is 1. The number of benzene rings is 3. The van der Waals surface area contributed by atoms with Crippen LogP contribution < -0.4 is 9.80 Å². The van der Waals surface area contributed by atoms with Crippen LogP contribution in [0.3, 0.4) is 0 Å². The van der Waals surface area contributed by atoms with E-state index < -0.39 is 18.0 Å². The number of nitrogens with zero attached hydrogens (tertiary/aromatic N) is 2. The second-order valence-electron chi connectivity index (χ2n) is 7.65. The molecule has 0 aromatic heterocycles. The van der Waals surface area contributed by atoms with Crippen molar-refractivity contribution in [2.45, 2.75) is 6.23 Å². The summed E-state index contributed by atoms with van der Waals surface area (Å²) in [6, 6.07) is 20.2. The van der Waals surface area contributed by atoms with Crippen LogP contribution in [-0.4, -0.2) is 39.3 Å². The molecular formula is C26H27FN2O3. The minimum absolute atomic E-state index is 0.470. The molecule has 0 aliphatic rings. The minimum Gasteiger partial charge on any atom is -0.466 e. The Balaban J connectivity index is 1.78. The maximum atomic E-state index is 14.1. The van der Waals surface area contributed by atoms with Crippen LogP contribution in [0.2, 0.25) is 0 Å². The average Bonchev–Trinajstić information content (AvgIpc) is 2.81. The molecule has 6 heteroatoms. The van der Waals surface area contributed by atoms with E-state index in [9.17, 15) is 14.3 Å². The Morgan fingerprint density at radius 2 is 1.53 bits per heavy atom. The van der Waals surface area contributed by atoms with E-state index >= 15 is 0 Å². The zero-order chi connectivity index (χ0) is 23.3. The van der Waals surface area contributed by atoms with Gasteiger partial charge in [-0.15, -0.1) is 0 Å². The fourth-order valence-electron chi connectivity index (χ4n) is 3.29. The van der Waals surface area contributed by atoms with Gasteiger partial charge in [-0.3, -0.25) is 0 Å². The molecule has 32 heavy (non-hydrogen) atoms. The molecule has 0 radical (unpaired) electrons. The average molecular weight is 435 g/mol. The van der Waals surface area contributed by atoms with E-state index in [1.807, 2.05) is 43.3 Å². The van der Waals surface area contributed by atoms with Crippen molar-refractivity contribution in [2.75, 3.05) is 38.1 Å². The molecule has 0 saturated heterocycles. The summed E-state index contributed by atoms with van der Waals surface area (Å²) in [5, 5.41) is 10.8.